The van der Waals surface area contributed by atoms with Gasteiger partial charge in [-0.2, -0.15) is 0 Å². The van der Waals surface area contributed by atoms with Gasteiger partial charge in [0.1, 0.15) is 11.7 Å². The first kappa shape index (κ1) is 35.5. The Morgan fingerprint density at radius 3 is 2.42 bits per heavy atom. The highest BCUT2D eigenvalue weighted by Crippen LogP contribution is 2.31. The van der Waals surface area contributed by atoms with Crippen LogP contribution in [0.25, 0.3) is 22.0 Å². The number of ether oxygens (including phenoxy) is 4. The Kier molecular flexibility index (Phi) is 11.5. The molecule has 0 radical (unpaired) electrons. The number of methoxy groups -OCH3 is 1. The molecular formula is C39H47ClN2O6. The molecule has 256 valence electrons. The molecular weight excluding hydrogens is 628 g/mol. The molecule has 2 heterocycles. The fourth-order valence-corrected chi connectivity index (χ4v) is 6.18. The first-order valence-corrected chi connectivity index (χ1v) is 17.1. The molecule has 5 rings (SSSR count). The summed E-state index contributed by atoms with van der Waals surface area (Å²) in [6.45, 7) is 11.2. The van der Waals surface area contributed by atoms with Gasteiger partial charge >= 0.3 is 12.1 Å². The maximum absolute atomic E-state index is 13.6. The van der Waals surface area contributed by atoms with Crippen LogP contribution in [0.4, 0.5) is 4.79 Å². The molecule has 1 aromatic heterocycles. The summed E-state index contributed by atoms with van der Waals surface area (Å²) in [5, 5.41) is 1.48. The number of fused-ring (bicyclic) bond motifs is 1. The van der Waals surface area contributed by atoms with Crippen LogP contribution in [0.1, 0.15) is 87.5 Å². The van der Waals surface area contributed by atoms with Crippen molar-refractivity contribution in [3.8, 4) is 11.1 Å². The van der Waals surface area contributed by atoms with Crippen LogP contribution in [0.3, 0.4) is 0 Å². The van der Waals surface area contributed by atoms with Crippen molar-refractivity contribution in [2.45, 2.75) is 84.3 Å². The number of esters is 1. The number of hydrogen-bond donors (Lipinski definition) is 0. The SMILES string of the molecule is COC(=O)c1cn(C(C)C)c2cc(-c3ccc(CCN(C[C@H](OC4CCCCO4)c4cccc(Cl)c4)C(=O)OC(C)(C)C)cc3)ccc12. The molecule has 0 aliphatic carbocycles. The lowest BCUT2D eigenvalue weighted by Crippen LogP contribution is -2.41. The minimum atomic E-state index is -0.649. The normalized spacial score (nSPS) is 15.8. The Labute approximate surface area is 288 Å². The second-order valence-corrected chi connectivity index (χ2v) is 14.1. The van der Waals surface area contributed by atoms with Crippen molar-refractivity contribution < 1.29 is 28.5 Å². The standard InChI is InChI=1S/C39H47ClN2O6/c1-26(2)42-24-33(37(43)45-6)32-18-17-29(23-34(32)42)28-15-13-27(14-16-28)19-20-41(38(44)48-39(3,4)5)25-35(30-10-9-11-31(40)22-30)47-36-12-7-8-21-46-36/h9-11,13-18,22-24,26,35-36H,7-8,12,19-21,25H2,1-6H3/t35-,36?/m0/s1. The van der Waals surface area contributed by atoms with Crippen molar-refractivity contribution in [1.82, 2.24) is 9.47 Å². The van der Waals surface area contributed by atoms with E-state index in [1.165, 1.54) is 7.11 Å². The molecule has 0 N–H and O–H groups in total. The van der Waals surface area contributed by atoms with Gasteiger partial charge in [-0.15, -0.1) is 0 Å². The summed E-state index contributed by atoms with van der Waals surface area (Å²) >= 11 is 6.37. The monoisotopic (exact) mass is 674 g/mol. The molecule has 0 saturated carbocycles. The van der Waals surface area contributed by atoms with E-state index >= 15 is 0 Å². The van der Waals surface area contributed by atoms with Gasteiger partial charge in [-0.3, -0.25) is 0 Å². The molecule has 48 heavy (non-hydrogen) atoms. The summed E-state index contributed by atoms with van der Waals surface area (Å²) in [5.41, 5.74) is 4.97. The van der Waals surface area contributed by atoms with Gasteiger partial charge in [-0.05, 0) is 101 Å². The summed E-state index contributed by atoms with van der Waals surface area (Å²) in [5.74, 6) is -0.343. The van der Waals surface area contributed by atoms with Crippen LogP contribution in [0.5, 0.6) is 0 Å². The zero-order chi connectivity index (χ0) is 34.4. The number of nitrogens with zero attached hydrogens (tertiary/aromatic N) is 2. The van der Waals surface area contributed by atoms with Crippen molar-refractivity contribution >= 4 is 34.6 Å². The van der Waals surface area contributed by atoms with Crippen LogP contribution in [0.15, 0.2) is 72.9 Å². The molecule has 1 aliphatic rings. The molecule has 1 amide bonds. The lowest BCUT2D eigenvalue weighted by atomic mass is 10.0. The van der Waals surface area contributed by atoms with Crippen LogP contribution in [0.2, 0.25) is 5.02 Å². The van der Waals surface area contributed by atoms with Crippen LogP contribution in [-0.4, -0.2) is 60.2 Å². The first-order chi connectivity index (χ1) is 22.9. The Morgan fingerprint density at radius 2 is 1.77 bits per heavy atom. The van der Waals surface area contributed by atoms with E-state index < -0.39 is 17.8 Å². The summed E-state index contributed by atoms with van der Waals surface area (Å²) in [6.07, 6.45) is 4.16. The van der Waals surface area contributed by atoms with Gasteiger partial charge in [0, 0.05) is 41.3 Å². The van der Waals surface area contributed by atoms with Crippen molar-refractivity contribution in [2.24, 2.45) is 0 Å². The topological polar surface area (TPSA) is 79.2 Å². The van der Waals surface area contributed by atoms with E-state index in [1.807, 2.05) is 63.4 Å². The highest BCUT2D eigenvalue weighted by Gasteiger charge is 2.28. The third-order valence-corrected chi connectivity index (χ3v) is 8.70. The number of aromatic nitrogens is 1. The van der Waals surface area contributed by atoms with E-state index in [0.29, 0.717) is 30.2 Å². The highest BCUT2D eigenvalue weighted by atomic mass is 35.5. The second-order valence-electron chi connectivity index (χ2n) is 13.6. The molecule has 8 nitrogen and oxygen atoms in total. The van der Waals surface area contributed by atoms with E-state index in [-0.39, 0.29) is 24.8 Å². The summed E-state index contributed by atoms with van der Waals surface area (Å²) in [4.78, 5) is 27.7. The first-order valence-electron chi connectivity index (χ1n) is 16.7. The van der Waals surface area contributed by atoms with Crippen LogP contribution in [-0.2, 0) is 25.4 Å². The Balaban J connectivity index is 1.35. The number of benzene rings is 3. The number of rotatable bonds is 11. The number of carbonyl (C=O) groups is 2. The maximum Gasteiger partial charge on any atom is 0.410 e. The predicted octanol–water partition coefficient (Wildman–Crippen LogP) is 9.39. The summed E-state index contributed by atoms with van der Waals surface area (Å²) < 4.78 is 25.4. The molecule has 0 spiro atoms. The fraction of sp³-hybridized carbons (Fsp3) is 0.436. The Morgan fingerprint density at radius 1 is 1.02 bits per heavy atom. The third-order valence-electron chi connectivity index (χ3n) is 8.47. The van der Waals surface area contributed by atoms with E-state index in [4.69, 9.17) is 30.5 Å². The molecule has 1 fully saturated rings. The quantitative estimate of drug-likeness (QED) is 0.148. The van der Waals surface area contributed by atoms with Gasteiger partial charge in [0.15, 0.2) is 6.29 Å². The van der Waals surface area contributed by atoms with Crippen LogP contribution < -0.4 is 0 Å². The van der Waals surface area contributed by atoms with E-state index in [9.17, 15) is 9.59 Å². The second kappa shape index (κ2) is 15.6. The van der Waals surface area contributed by atoms with Crippen LogP contribution >= 0.6 is 11.6 Å². The van der Waals surface area contributed by atoms with Gasteiger partial charge in [-0.25, -0.2) is 9.59 Å². The van der Waals surface area contributed by atoms with Gasteiger partial charge in [0.25, 0.3) is 0 Å². The third kappa shape index (κ3) is 8.98. The highest BCUT2D eigenvalue weighted by molar-refractivity contribution is 6.30. The number of carbonyl (C=O) groups excluding carboxylic acids is 2. The van der Waals surface area contributed by atoms with Crippen LogP contribution in [0, 0.1) is 0 Å². The van der Waals surface area contributed by atoms with Gasteiger partial charge in [-0.1, -0.05) is 60.1 Å². The zero-order valence-electron chi connectivity index (χ0n) is 28.8. The average molecular weight is 675 g/mol. The zero-order valence-corrected chi connectivity index (χ0v) is 29.6. The minimum Gasteiger partial charge on any atom is -0.465 e. The van der Waals surface area contributed by atoms with Gasteiger partial charge in [0.05, 0.1) is 19.2 Å². The fourth-order valence-electron chi connectivity index (χ4n) is 5.98. The number of amides is 1. The smallest absolute Gasteiger partial charge is 0.410 e. The molecule has 1 saturated heterocycles. The average Bonchev–Trinajstić information content (AvgIpc) is 3.45. The summed E-state index contributed by atoms with van der Waals surface area (Å²) in [7, 11) is 1.40. The predicted molar refractivity (Wildman–Crippen MR) is 189 cm³/mol. The Hall–Kier alpha value is -3.85. The van der Waals surface area contributed by atoms with E-state index in [1.54, 1.807) is 4.90 Å². The number of hydrogen-bond acceptors (Lipinski definition) is 6. The number of halogens is 1. The van der Waals surface area contributed by atoms with Gasteiger partial charge in [0.2, 0.25) is 0 Å². The van der Waals surface area contributed by atoms with Crippen molar-refractivity contribution in [3.63, 3.8) is 0 Å². The van der Waals surface area contributed by atoms with Crippen molar-refractivity contribution in [2.75, 3.05) is 26.8 Å². The molecule has 0 bridgehead atoms. The van der Waals surface area contributed by atoms with Crippen molar-refractivity contribution in [1.29, 1.82) is 0 Å². The van der Waals surface area contributed by atoms with E-state index in [0.717, 1.165) is 52.4 Å². The minimum absolute atomic E-state index is 0.176. The largest absolute Gasteiger partial charge is 0.465 e. The molecule has 3 aromatic carbocycles. The lowest BCUT2D eigenvalue weighted by molar-refractivity contribution is -0.192. The molecule has 9 heteroatoms. The molecule has 2 atom stereocenters. The summed E-state index contributed by atoms with van der Waals surface area (Å²) in [6, 6.07) is 22.3. The lowest BCUT2D eigenvalue weighted by Gasteiger charge is -2.33. The van der Waals surface area contributed by atoms with E-state index in [2.05, 4.69) is 48.7 Å². The molecule has 1 unspecified atom stereocenters. The van der Waals surface area contributed by atoms with Crippen molar-refractivity contribution in [3.05, 3.63) is 94.6 Å². The molecule has 4 aromatic rings. The van der Waals surface area contributed by atoms with Gasteiger partial charge < -0.3 is 28.4 Å². The Bertz CT molecular complexity index is 1700. The molecule has 1 aliphatic heterocycles. The maximum atomic E-state index is 13.6.